The molecule has 0 saturated heterocycles. The van der Waals surface area contributed by atoms with Crippen molar-refractivity contribution in [2.75, 3.05) is 6.54 Å². The van der Waals surface area contributed by atoms with E-state index >= 15 is 0 Å². The summed E-state index contributed by atoms with van der Waals surface area (Å²) in [6.07, 6.45) is 2.26. The Balaban J connectivity index is 2.15. The van der Waals surface area contributed by atoms with Crippen LogP contribution in [-0.2, 0) is 0 Å². The molecule has 0 radical (unpaired) electrons. The lowest BCUT2D eigenvalue weighted by molar-refractivity contribution is 0.0690. The second-order valence-electron chi connectivity index (χ2n) is 5.14. The molecule has 1 aliphatic carbocycles. The van der Waals surface area contributed by atoms with Gasteiger partial charge in [0.15, 0.2) is 11.6 Å². The predicted octanol–water partition coefficient (Wildman–Crippen LogP) is 2.44. The minimum Gasteiger partial charge on any atom is -0.478 e. The molecule has 108 valence electrons. The zero-order chi connectivity index (χ0) is 14.9. The zero-order valence-corrected chi connectivity index (χ0v) is 11.0. The van der Waals surface area contributed by atoms with Crippen molar-refractivity contribution in [2.24, 2.45) is 11.8 Å². The van der Waals surface area contributed by atoms with Crippen LogP contribution < -0.4 is 5.32 Å². The molecule has 0 spiro atoms. The third-order valence-electron chi connectivity index (χ3n) is 3.55. The molecule has 6 heteroatoms. The van der Waals surface area contributed by atoms with Gasteiger partial charge in [-0.1, -0.05) is 6.92 Å². The first kappa shape index (κ1) is 14.4. The van der Waals surface area contributed by atoms with Crippen LogP contribution in [0.15, 0.2) is 12.1 Å². The summed E-state index contributed by atoms with van der Waals surface area (Å²) in [5.41, 5.74) is -0.903. The van der Waals surface area contributed by atoms with Gasteiger partial charge in [0, 0.05) is 6.54 Å². The third kappa shape index (κ3) is 3.12. The SMILES string of the molecule is CC(CNC(=O)c1cc(F)c(F)cc1C(=O)O)C1CC1. The van der Waals surface area contributed by atoms with E-state index in [9.17, 15) is 18.4 Å². The first-order valence-corrected chi connectivity index (χ1v) is 6.40. The van der Waals surface area contributed by atoms with Crippen LogP contribution in [0.25, 0.3) is 0 Å². The summed E-state index contributed by atoms with van der Waals surface area (Å²) >= 11 is 0. The smallest absolute Gasteiger partial charge is 0.336 e. The quantitative estimate of drug-likeness (QED) is 0.872. The normalized spacial score (nSPS) is 15.8. The predicted molar refractivity (Wildman–Crippen MR) is 67.5 cm³/mol. The van der Waals surface area contributed by atoms with Crippen LogP contribution in [0, 0.1) is 23.5 Å². The fourth-order valence-corrected chi connectivity index (χ4v) is 2.09. The zero-order valence-electron chi connectivity index (χ0n) is 11.0. The van der Waals surface area contributed by atoms with Crippen LogP contribution in [0.4, 0.5) is 8.78 Å². The van der Waals surface area contributed by atoms with E-state index < -0.39 is 29.1 Å². The van der Waals surface area contributed by atoms with Crippen LogP contribution in [0.2, 0.25) is 0 Å². The number of hydrogen-bond acceptors (Lipinski definition) is 2. The van der Waals surface area contributed by atoms with E-state index in [1.807, 2.05) is 6.92 Å². The van der Waals surface area contributed by atoms with Gasteiger partial charge in [-0.3, -0.25) is 4.79 Å². The molecule has 0 aromatic heterocycles. The van der Waals surface area contributed by atoms with Crippen molar-refractivity contribution >= 4 is 11.9 Å². The van der Waals surface area contributed by atoms with E-state index in [1.54, 1.807) is 0 Å². The van der Waals surface area contributed by atoms with Gasteiger partial charge in [0.1, 0.15) is 0 Å². The van der Waals surface area contributed by atoms with Crippen molar-refractivity contribution < 1.29 is 23.5 Å². The second-order valence-corrected chi connectivity index (χ2v) is 5.14. The van der Waals surface area contributed by atoms with E-state index in [2.05, 4.69) is 5.32 Å². The number of carboxylic acids is 1. The van der Waals surface area contributed by atoms with Gasteiger partial charge in [0.2, 0.25) is 0 Å². The minimum absolute atomic E-state index is 0.289. The van der Waals surface area contributed by atoms with Gasteiger partial charge < -0.3 is 10.4 Å². The number of benzene rings is 1. The lowest BCUT2D eigenvalue weighted by Gasteiger charge is -2.12. The number of carboxylic acid groups (broad SMARTS) is 1. The largest absolute Gasteiger partial charge is 0.478 e. The number of hydrogen-bond donors (Lipinski definition) is 2. The number of rotatable bonds is 5. The highest BCUT2D eigenvalue weighted by atomic mass is 19.2. The molecule has 2 N–H and O–H groups in total. The molecular weight excluding hydrogens is 268 g/mol. The number of carbonyl (C=O) groups is 2. The van der Waals surface area contributed by atoms with Crippen molar-refractivity contribution in [3.8, 4) is 0 Å². The Morgan fingerprint density at radius 2 is 1.85 bits per heavy atom. The summed E-state index contributed by atoms with van der Waals surface area (Å²) in [6.45, 7) is 2.38. The Bertz CT molecular complexity index is 556. The van der Waals surface area contributed by atoms with Gasteiger partial charge >= 0.3 is 5.97 Å². The van der Waals surface area contributed by atoms with Gasteiger partial charge in [-0.25, -0.2) is 13.6 Å². The summed E-state index contributed by atoms with van der Waals surface area (Å²) in [5.74, 6) is -3.82. The molecule has 0 heterocycles. The molecule has 1 saturated carbocycles. The highest BCUT2D eigenvalue weighted by Gasteiger charge is 2.28. The van der Waals surface area contributed by atoms with Crippen molar-refractivity contribution in [2.45, 2.75) is 19.8 Å². The van der Waals surface area contributed by atoms with Crippen LogP contribution >= 0.6 is 0 Å². The fourth-order valence-electron chi connectivity index (χ4n) is 2.09. The van der Waals surface area contributed by atoms with Gasteiger partial charge in [0.05, 0.1) is 11.1 Å². The molecule has 1 unspecified atom stereocenters. The standard InChI is InChI=1S/C14H15F2NO3/c1-7(8-2-3-8)6-17-13(18)9-4-11(15)12(16)5-10(9)14(19)20/h4-5,7-8H,2-3,6H2,1H3,(H,17,18)(H,19,20). The van der Waals surface area contributed by atoms with Gasteiger partial charge in [0.25, 0.3) is 5.91 Å². The van der Waals surface area contributed by atoms with Gasteiger partial charge in [-0.15, -0.1) is 0 Å². The Morgan fingerprint density at radius 1 is 1.30 bits per heavy atom. The average molecular weight is 283 g/mol. The number of nitrogens with one attached hydrogen (secondary N) is 1. The van der Waals surface area contributed by atoms with Crippen LogP contribution in [0.5, 0.6) is 0 Å². The van der Waals surface area contributed by atoms with Crippen molar-refractivity contribution in [3.05, 3.63) is 34.9 Å². The Hall–Kier alpha value is -1.98. The third-order valence-corrected chi connectivity index (χ3v) is 3.55. The molecule has 1 amide bonds. The molecule has 4 nitrogen and oxygen atoms in total. The van der Waals surface area contributed by atoms with E-state index in [1.165, 1.54) is 0 Å². The van der Waals surface area contributed by atoms with E-state index in [0.717, 1.165) is 12.8 Å². The average Bonchev–Trinajstić information content (AvgIpc) is 3.22. The maximum absolute atomic E-state index is 13.2. The topological polar surface area (TPSA) is 66.4 Å². The minimum atomic E-state index is -1.47. The molecule has 20 heavy (non-hydrogen) atoms. The lowest BCUT2D eigenvalue weighted by atomic mass is 10.0. The summed E-state index contributed by atoms with van der Waals surface area (Å²) in [6, 6.07) is 1.15. The first-order chi connectivity index (χ1) is 9.40. The maximum atomic E-state index is 13.2. The van der Waals surface area contributed by atoms with E-state index in [0.29, 0.717) is 24.6 Å². The molecule has 1 atom stereocenters. The number of halogens is 2. The number of aromatic carboxylic acids is 1. The summed E-state index contributed by atoms with van der Waals surface area (Å²) in [7, 11) is 0. The first-order valence-electron chi connectivity index (χ1n) is 6.40. The Morgan fingerprint density at radius 3 is 2.35 bits per heavy atom. The van der Waals surface area contributed by atoms with E-state index in [4.69, 9.17) is 5.11 Å². The van der Waals surface area contributed by atoms with Gasteiger partial charge in [-0.05, 0) is 36.8 Å². The van der Waals surface area contributed by atoms with E-state index in [-0.39, 0.29) is 11.5 Å². The number of amides is 1. The molecule has 0 aliphatic heterocycles. The molecule has 1 aromatic rings. The highest BCUT2D eigenvalue weighted by Crippen LogP contribution is 2.36. The molecular formula is C14H15F2NO3. The molecule has 1 fully saturated rings. The molecule has 2 rings (SSSR count). The number of carbonyl (C=O) groups excluding carboxylic acids is 1. The fraction of sp³-hybridized carbons (Fsp3) is 0.429. The van der Waals surface area contributed by atoms with Crippen LogP contribution in [-0.4, -0.2) is 23.5 Å². The van der Waals surface area contributed by atoms with Crippen LogP contribution in [0.1, 0.15) is 40.5 Å². The monoisotopic (exact) mass is 283 g/mol. The highest BCUT2D eigenvalue weighted by molar-refractivity contribution is 6.04. The second kappa shape index (κ2) is 5.56. The Labute approximate surface area is 114 Å². The molecule has 0 bridgehead atoms. The summed E-state index contributed by atoms with van der Waals surface area (Å²) < 4.78 is 26.2. The van der Waals surface area contributed by atoms with Crippen molar-refractivity contribution in [1.82, 2.24) is 5.32 Å². The summed E-state index contributed by atoms with van der Waals surface area (Å²) in [5, 5.41) is 11.5. The van der Waals surface area contributed by atoms with Crippen molar-refractivity contribution in [1.29, 1.82) is 0 Å². The van der Waals surface area contributed by atoms with Crippen molar-refractivity contribution in [3.63, 3.8) is 0 Å². The summed E-state index contributed by atoms with van der Waals surface area (Å²) in [4.78, 5) is 22.9. The maximum Gasteiger partial charge on any atom is 0.336 e. The molecule has 1 aromatic carbocycles. The lowest BCUT2D eigenvalue weighted by Crippen LogP contribution is -2.30. The molecule has 1 aliphatic rings. The van der Waals surface area contributed by atoms with Gasteiger partial charge in [-0.2, -0.15) is 0 Å². The Kier molecular flexibility index (Phi) is 4.01. The van der Waals surface area contributed by atoms with Crippen LogP contribution in [0.3, 0.4) is 0 Å².